The van der Waals surface area contributed by atoms with Gasteiger partial charge in [0.1, 0.15) is 11.5 Å². The average molecular weight is 281 g/mol. The number of methoxy groups -OCH3 is 2. The van der Waals surface area contributed by atoms with Crippen LogP contribution in [0.15, 0.2) is 42.5 Å². The second-order valence-corrected chi connectivity index (χ2v) is 4.25. The Morgan fingerprint density at radius 3 is 2.62 bits per heavy atom. The van der Waals surface area contributed by atoms with Crippen molar-refractivity contribution >= 4 is 11.6 Å². The van der Waals surface area contributed by atoms with Crippen LogP contribution in [0, 0.1) is 12.3 Å². The molecule has 0 unspecified atom stereocenters. The summed E-state index contributed by atoms with van der Waals surface area (Å²) in [5.41, 5.74) is 1.72. The first-order valence-electron chi connectivity index (χ1n) is 6.28. The highest BCUT2D eigenvalue weighted by Crippen LogP contribution is 2.25. The summed E-state index contributed by atoms with van der Waals surface area (Å²) in [5, 5.41) is 2.79. The Morgan fingerprint density at radius 2 is 1.95 bits per heavy atom. The number of nitrogens with one attached hydrogen (secondary N) is 1. The van der Waals surface area contributed by atoms with E-state index in [2.05, 4.69) is 11.2 Å². The zero-order chi connectivity index (χ0) is 15.2. The molecule has 1 N–H and O–H groups in total. The van der Waals surface area contributed by atoms with E-state index in [1.165, 1.54) is 7.11 Å². The summed E-state index contributed by atoms with van der Waals surface area (Å²) >= 11 is 0. The standard InChI is InChI=1S/C17H15NO3/c1-4-12-6-5-7-13(10-12)18-17(19)15-11-14(20-2)8-9-16(15)21-3/h1,5-11H,2-3H3,(H,18,19). The monoisotopic (exact) mass is 281 g/mol. The highest BCUT2D eigenvalue weighted by molar-refractivity contribution is 6.06. The van der Waals surface area contributed by atoms with E-state index in [0.29, 0.717) is 28.3 Å². The van der Waals surface area contributed by atoms with Gasteiger partial charge in [-0.25, -0.2) is 0 Å². The van der Waals surface area contributed by atoms with E-state index in [-0.39, 0.29) is 5.91 Å². The van der Waals surface area contributed by atoms with Gasteiger partial charge in [0.15, 0.2) is 0 Å². The number of benzene rings is 2. The predicted octanol–water partition coefficient (Wildman–Crippen LogP) is 2.94. The van der Waals surface area contributed by atoms with Crippen LogP contribution in [0.4, 0.5) is 5.69 Å². The minimum atomic E-state index is -0.292. The number of hydrogen-bond acceptors (Lipinski definition) is 3. The van der Waals surface area contributed by atoms with Crippen LogP contribution in [0.1, 0.15) is 15.9 Å². The lowest BCUT2D eigenvalue weighted by Crippen LogP contribution is -2.13. The second kappa shape index (κ2) is 6.49. The third-order valence-electron chi connectivity index (χ3n) is 2.94. The summed E-state index contributed by atoms with van der Waals surface area (Å²) in [6.45, 7) is 0. The fraction of sp³-hybridized carbons (Fsp3) is 0.118. The number of hydrogen-bond donors (Lipinski definition) is 1. The lowest BCUT2D eigenvalue weighted by molar-refractivity contribution is 0.102. The van der Waals surface area contributed by atoms with Gasteiger partial charge in [0.05, 0.1) is 19.8 Å². The number of anilines is 1. The van der Waals surface area contributed by atoms with E-state index in [9.17, 15) is 4.79 Å². The van der Waals surface area contributed by atoms with E-state index in [1.807, 2.05) is 0 Å². The van der Waals surface area contributed by atoms with Crippen molar-refractivity contribution in [1.29, 1.82) is 0 Å². The summed E-state index contributed by atoms with van der Waals surface area (Å²) in [6, 6.07) is 12.1. The highest BCUT2D eigenvalue weighted by Gasteiger charge is 2.14. The Balaban J connectivity index is 2.29. The molecule has 0 spiro atoms. The van der Waals surface area contributed by atoms with Crippen molar-refractivity contribution in [2.45, 2.75) is 0 Å². The Bertz CT molecular complexity index is 701. The van der Waals surface area contributed by atoms with Crippen LogP contribution in [-0.2, 0) is 0 Å². The van der Waals surface area contributed by atoms with Crippen molar-refractivity contribution in [3.63, 3.8) is 0 Å². The Hall–Kier alpha value is -2.93. The lowest BCUT2D eigenvalue weighted by Gasteiger charge is -2.11. The molecule has 0 fully saturated rings. The number of ether oxygens (including phenoxy) is 2. The lowest BCUT2D eigenvalue weighted by atomic mass is 10.1. The van der Waals surface area contributed by atoms with Crippen LogP contribution in [-0.4, -0.2) is 20.1 Å². The van der Waals surface area contributed by atoms with Crippen LogP contribution < -0.4 is 14.8 Å². The van der Waals surface area contributed by atoms with Gasteiger partial charge in [0.25, 0.3) is 5.91 Å². The molecule has 2 aromatic rings. The first-order valence-corrected chi connectivity index (χ1v) is 6.28. The molecule has 0 heterocycles. The fourth-order valence-electron chi connectivity index (χ4n) is 1.88. The fourth-order valence-corrected chi connectivity index (χ4v) is 1.88. The van der Waals surface area contributed by atoms with Gasteiger partial charge in [0.2, 0.25) is 0 Å². The van der Waals surface area contributed by atoms with E-state index < -0.39 is 0 Å². The Morgan fingerprint density at radius 1 is 1.14 bits per heavy atom. The van der Waals surface area contributed by atoms with Crippen LogP contribution in [0.3, 0.4) is 0 Å². The average Bonchev–Trinajstić information content (AvgIpc) is 2.54. The number of amides is 1. The summed E-state index contributed by atoms with van der Waals surface area (Å²) in [4.78, 5) is 12.4. The summed E-state index contributed by atoms with van der Waals surface area (Å²) in [5.74, 6) is 3.29. The van der Waals surface area contributed by atoms with E-state index >= 15 is 0 Å². The molecule has 2 aromatic carbocycles. The van der Waals surface area contributed by atoms with Crippen molar-refractivity contribution in [3.05, 3.63) is 53.6 Å². The van der Waals surface area contributed by atoms with Crippen molar-refractivity contribution < 1.29 is 14.3 Å². The van der Waals surface area contributed by atoms with Gasteiger partial charge in [-0.15, -0.1) is 6.42 Å². The molecule has 4 nitrogen and oxygen atoms in total. The molecule has 0 saturated heterocycles. The van der Waals surface area contributed by atoms with Gasteiger partial charge < -0.3 is 14.8 Å². The molecule has 0 aliphatic heterocycles. The third-order valence-corrected chi connectivity index (χ3v) is 2.94. The van der Waals surface area contributed by atoms with E-state index in [0.717, 1.165) is 0 Å². The Labute approximate surface area is 123 Å². The molecule has 0 aliphatic carbocycles. The second-order valence-electron chi connectivity index (χ2n) is 4.25. The van der Waals surface area contributed by atoms with Gasteiger partial charge in [-0.3, -0.25) is 4.79 Å². The number of rotatable bonds is 4. The molecule has 4 heteroatoms. The van der Waals surface area contributed by atoms with Gasteiger partial charge >= 0.3 is 0 Å². The summed E-state index contributed by atoms with van der Waals surface area (Å²) < 4.78 is 10.3. The molecule has 0 atom stereocenters. The molecule has 2 rings (SSSR count). The quantitative estimate of drug-likeness (QED) is 0.876. The molecule has 0 aliphatic rings. The van der Waals surface area contributed by atoms with Gasteiger partial charge in [-0.1, -0.05) is 12.0 Å². The van der Waals surface area contributed by atoms with Gasteiger partial charge in [0, 0.05) is 11.3 Å². The number of terminal acetylenes is 1. The maximum Gasteiger partial charge on any atom is 0.259 e. The SMILES string of the molecule is C#Cc1cccc(NC(=O)c2cc(OC)ccc2OC)c1. The minimum absolute atomic E-state index is 0.292. The Kier molecular flexibility index (Phi) is 4.47. The number of carbonyl (C=O) groups is 1. The topological polar surface area (TPSA) is 47.6 Å². The largest absolute Gasteiger partial charge is 0.497 e. The molecule has 1 amide bonds. The molecule has 21 heavy (non-hydrogen) atoms. The zero-order valence-electron chi connectivity index (χ0n) is 11.8. The normalized spacial score (nSPS) is 9.57. The smallest absolute Gasteiger partial charge is 0.259 e. The van der Waals surface area contributed by atoms with Gasteiger partial charge in [-0.05, 0) is 36.4 Å². The van der Waals surface area contributed by atoms with E-state index in [4.69, 9.17) is 15.9 Å². The minimum Gasteiger partial charge on any atom is -0.497 e. The van der Waals surface area contributed by atoms with Crippen LogP contribution in [0.25, 0.3) is 0 Å². The molecule has 0 saturated carbocycles. The predicted molar refractivity (Wildman–Crippen MR) is 81.9 cm³/mol. The maximum absolute atomic E-state index is 12.4. The molecular weight excluding hydrogens is 266 g/mol. The first kappa shape index (κ1) is 14.5. The van der Waals surface area contributed by atoms with Crippen LogP contribution >= 0.6 is 0 Å². The van der Waals surface area contributed by atoms with Crippen LogP contribution in [0.2, 0.25) is 0 Å². The van der Waals surface area contributed by atoms with Crippen LogP contribution in [0.5, 0.6) is 11.5 Å². The highest BCUT2D eigenvalue weighted by atomic mass is 16.5. The first-order chi connectivity index (χ1) is 10.2. The molecule has 0 aromatic heterocycles. The number of carbonyl (C=O) groups excluding carboxylic acids is 1. The van der Waals surface area contributed by atoms with Crippen molar-refractivity contribution in [2.24, 2.45) is 0 Å². The molecule has 106 valence electrons. The summed E-state index contributed by atoms with van der Waals surface area (Å²) in [7, 11) is 3.05. The molecular formula is C17H15NO3. The molecule has 0 bridgehead atoms. The van der Waals surface area contributed by atoms with Crippen molar-refractivity contribution in [1.82, 2.24) is 0 Å². The third kappa shape index (κ3) is 3.34. The van der Waals surface area contributed by atoms with E-state index in [1.54, 1.807) is 49.6 Å². The van der Waals surface area contributed by atoms with Crippen molar-refractivity contribution in [3.8, 4) is 23.8 Å². The van der Waals surface area contributed by atoms with Gasteiger partial charge in [-0.2, -0.15) is 0 Å². The molecule has 0 radical (unpaired) electrons. The maximum atomic E-state index is 12.4. The zero-order valence-corrected chi connectivity index (χ0v) is 11.8. The summed E-state index contributed by atoms with van der Waals surface area (Å²) in [6.07, 6.45) is 5.34. The van der Waals surface area contributed by atoms with Crippen molar-refractivity contribution in [2.75, 3.05) is 19.5 Å².